The molecule has 3 aliphatic rings. The average molecular weight is 529 g/mol. The maximum Gasteiger partial charge on any atom is 0.416 e. The molecule has 13 heteroatoms. The second-order valence-electron chi connectivity index (χ2n) is 8.25. The molecule has 37 heavy (non-hydrogen) atoms. The van der Waals surface area contributed by atoms with Crippen LogP contribution in [-0.2, 0) is 11.0 Å². The molecule has 3 heterocycles. The Kier molecular flexibility index (Phi) is 8.36. The third-order valence-electron chi connectivity index (χ3n) is 5.80. The van der Waals surface area contributed by atoms with Gasteiger partial charge in [0.1, 0.15) is 18.2 Å². The van der Waals surface area contributed by atoms with Crippen molar-refractivity contribution in [2.45, 2.75) is 37.6 Å². The molecule has 0 bridgehead atoms. The minimum Gasteiger partial charge on any atom is -0.379 e. The smallest absolute Gasteiger partial charge is 0.379 e. The van der Waals surface area contributed by atoms with Crippen molar-refractivity contribution in [1.82, 2.24) is 20.9 Å². The van der Waals surface area contributed by atoms with Crippen molar-refractivity contribution >= 4 is 17.9 Å². The largest absolute Gasteiger partial charge is 0.416 e. The van der Waals surface area contributed by atoms with Gasteiger partial charge in [-0.1, -0.05) is 12.2 Å². The summed E-state index contributed by atoms with van der Waals surface area (Å²) in [6.45, 7) is 1.81. The molecule has 3 atom stereocenters. The van der Waals surface area contributed by atoms with Crippen LogP contribution < -0.4 is 21.3 Å². The molecule has 0 aliphatic carbocycles. The molecule has 0 fully saturated rings. The number of hydrogen-bond acceptors (Lipinski definition) is 6. The molecule has 3 aliphatic heterocycles. The highest BCUT2D eigenvalue weighted by Gasteiger charge is 2.42. The second kappa shape index (κ2) is 11.1. The first-order valence-electron chi connectivity index (χ1n) is 11.1. The molecule has 0 aromatic heterocycles. The van der Waals surface area contributed by atoms with Crippen molar-refractivity contribution in [3.8, 4) is 0 Å². The Morgan fingerprint density at radius 2 is 1.68 bits per heavy atom. The third kappa shape index (κ3) is 6.53. The van der Waals surface area contributed by atoms with Gasteiger partial charge in [0.2, 0.25) is 6.41 Å². The van der Waals surface area contributed by atoms with E-state index in [1.807, 2.05) is 11.8 Å². The number of amides is 1. The Bertz CT molecular complexity index is 1130. The molecule has 1 aromatic rings. The number of dihydropyridines is 2. The number of aliphatic imine (C=N–C) groups is 1. The summed E-state index contributed by atoms with van der Waals surface area (Å²) in [5, 5.41) is 11.2. The van der Waals surface area contributed by atoms with E-state index < -0.39 is 35.7 Å². The number of alkyl halides is 6. The lowest BCUT2D eigenvalue weighted by Crippen LogP contribution is -2.56. The fraction of sp³-hybridized carbons (Fsp3) is 0.333. The van der Waals surface area contributed by atoms with E-state index in [1.165, 1.54) is 24.4 Å². The highest BCUT2D eigenvalue weighted by atomic mass is 19.4. The molecule has 0 saturated heterocycles. The Morgan fingerprint density at radius 3 is 2.24 bits per heavy atom. The van der Waals surface area contributed by atoms with Crippen LogP contribution in [0.4, 0.5) is 32.0 Å². The number of carbonyl (C=O) groups excluding carboxylic acids is 1. The normalized spacial score (nSPS) is 23.4. The van der Waals surface area contributed by atoms with Crippen LogP contribution in [0.3, 0.4) is 0 Å². The van der Waals surface area contributed by atoms with Gasteiger partial charge in [-0.15, -0.1) is 0 Å². The minimum absolute atomic E-state index is 0.339. The molecule has 1 amide bonds. The third-order valence-corrected chi connectivity index (χ3v) is 5.80. The molecule has 200 valence electrons. The van der Waals surface area contributed by atoms with Crippen molar-refractivity contribution in [3.63, 3.8) is 0 Å². The van der Waals surface area contributed by atoms with Crippen molar-refractivity contribution in [3.05, 3.63) is 77.2 Å². The molecule has 3 unspecified atom stereocenters. The van der Waals surface area contributed by atoms with Crippen molar-refractivity contribution in [2.24, 2.45) is 4.99 Å². The van der Waals surface area contributed by atoms with E-state index in [2.05, 4.69) is 26.3 Å². The van der Waals surface area contributed by atoms with Gasteiger partial charge < -0.3 is 21.3 Å². The lowest BCUT2D eigenvalue weighted by atomic mass is 9.95. The molecular weight excluding hydrogens is 502 g/mol. The van der Waals surface area contributed by atoms with Crippen LogP contribution in [0.25, 0.3) is 0 Å². The number of anilines is 1. The SMILES string of the molecule is CC1N=C(Nc2ccc(C(F)(F)F)cc2)C2=CC=C(C3NC=CC=C3C(F)(F)F)NC2N1C.CNC=O. The quantitative estimate of drug-likeness (QED) is 0.354. The van der Waals surface area contributed by atoms with Crippen LogP contribution in [0.2, 0.25) is 0 Å². The number of likely N-dealkylation sites (N-methyl/N-ethyl adjacent to an activating group) is 1. The van der Waals surface area contributed by atoms with E-state index in [-0.39, 0.29) is 6.17 Å². The van der Waals surface area contributed by atoms with Crippen LogP contribution in [0.1, 0.15) is 12.5 Å². The standard InChI is InChI=1S/C22H21F6N5.C2H5NO/c1-12-30-19(31-14-7-5-13(6-8-14)21(23,24)25)15-9-10-17(32-20(15)33(12)2)18-16(22(26,27)28)4-3-11-29-18;1-3-2-4/h3-12,18,20,29,32H,1-2H3,(H,30,31);2H,1H3,(H,3,4). The maximum atomic E-state index is 13.5. The summed E-state index contributed by atoms with van der Waals surface area (Å²) in [6.07, 6.45) is -2.13. The summed E-state index contributed by atoms with van der Waals surface area (Å²) in [5.74, 6) is 0.427. The Labute approximate surface area is 209 Å². The maximum absolute atomic E-state index is 13.5. The van der Waals surface area contributed by atoms with Crippen LogP contribution in [0.15, 0.2) is 76.6 Å². The summed E-state index contributed by atoms with van der Waals surface area (Å²) in [5.41, 5.74) is -0.0777. The zero-order chi connectivity index (χ0) is 27.4. The summed E-state index contributed by atoms with van der Waals surface area (Å²) in [6, 6.07) is 3.46. The first-order valence-corrected chi connectivity index (χ1v) is 11.1. The molecule has 1 aromatic carbocycles. The molecule has 4 rings (SSSR count). The van der Waals surface area contributed by atoms with Gasteiger partial charge in [-0.3, -0.25) is 9.69 Å². The zero-order valence-electron chi connectivity index (χ0n) is 20.1. The molecule has 0 spiro atoms. The van der Waals surface area contributed by atoms with Crippen molar-refractivity contribution in [1.29, 1.82) is 0 Å². The van der Waals surface area contributed by atoms with Gasteiger partial charge in [0.05, 0.1) is 17.2 Å². The highest BCUT2D eigenvalue weighted by Crippen LogP contribution is 2.34. The summed E-state index contributed by atoms with van der Waals surface area (Å²) in [4.78, 5) is 15.5. The number of fused-ring (bicyclic) bond motifs is 1. The van der Waals surface area contributed by atoms with E-state index >= 15 is 0 Å². The molecule has 0 radical (unpaired) electrons. The molecular formula is C24H26F6N6O. The second-order valence-corrected chi connectivity index (χ2v) is 8.25. The monoisotopic (exact) mass is 528 g/mol. The Morgan fingerprint density at radius 1 is 1.03 bits per heavy atom. The Hall–Kier alpha value is -3.74. The topological polar surface area (TPSA) is 80.8 Å². The van der Waals surface area contributed by atoms with Crippen molar-refractivity contribution in [2.75, 3.05) is 19.4 Å². The highest BCUT2D eigenvalue weighted by molar-refractivity contribution is 6.09. The zero-order valence-corrected chi connectivity index (χ0v) is 20.1. The lowest BCUT2D eigenvalue weighted by molar-refractivity contribution is -0.137. The minimum atomic E-state index is -4.50. The predicted octanol–water partition coefficient (Wildman–Crippen LogP) is 3.88. The van der Waals surface area contributed by atoms with Gasteiger partial charge in [0.15, 0.2) is 0 Å². The number of benzene rings is 1. The summed E-state index contributed by atoms with van der Waals surface area (Å²) < 4.78 is 79.0. The summed E-state index contributed by atoms with van der Waals surface area (Å²) in [7, 11) is 3.35. The number of nitrogens with one attached hydrogen (secondary N) is 4. The first-order chi connectivity index (χ1) is 17.4. The van der Waals surface area contributed by atoms with Gasteiger partial charge in [-0.2, -0.15) is 26.3 Å². The van der Waals surface area contributed by atoms with E-state index in [9.17, 15) is 26.3 Å². The van der Waals surface area contributed by atoms with Gasteiger partial charge in [0.25, 0.3) is 0 Å². The van der Waals surface area contributed by atoms with E-state index in [1.54, 1.807) is 26.2 Å². The Balaban J connectivity index is 0.000000886. The van der Waals surface area contributed by atoms with E-state index in [0.717, 1.165) is 18.2 Å². The number of rotatable bonds is 3. The predicted molar refractivity (Wildman–Crippen MR) is 128 cm³/mol. The van der Waals surface area contributed by atoms with Gasteiger partial charge in [-0.05, 0) is 56.6 Å². The van der Waals surface area contributed by atoms with Crippen LogP contribution in [0.5, 0.6) is 0 Å². The number of amidine groups is 1. The van der Waals surface area contributed by atoms with Gasteiger partial charge in [-0.25, -0.2) is 4.99 Å². The van der Waals surface area contributed by atoms with Gasteiger partial charge >= 0.3 is 12.4 Å². The first kappa shape index (κ1) is 27.8. The number of halogens is 6. The number of hydrogen-bond donors (Lipinski definition) is 4. The van der Waals surface area contributed by atoms with E-state index in [0.29, 0.717) is 29.2 Å². The molecule has 7 nitrogen and oxygen atoms in total. The van der Waals surface area contributed by atoms with Crippen LogP contribution >= 0.6 is 0 Å². The summed E-state index contributed by atoms with van der Waals surface area (Å²) >= 11 is 0. The number of carbonyl (C=O) groups is 1. The van der Waals surface area contributed by atoms with Crippen LogP contribution in [-0.4, -0.2) is 55.8 Å². The van der Waals surface area contributed by atoms with E-state index in [4.69, 9.17) is 4.79 Å². The lowest BCUT2D eigenvalue weighted by Gasteiger charge is -2.42. The number of allylic oxidation sites excluding steroid dienone is 4. The fourth-order valence-corrected chi connectivity index (χ4v) is 3.82. The van der Waals surface area contributed by atoms with Crippen LogP contribution in [0, 0.1) is 0 Å². The fourth-order valence-electron chi connectivity index (χ4n) is 3.82. The number of nitrogens with zero attached hydrogens (tertiary/aromatic N) is 2. The van der Waals surface area contributed by atoms with Crippen molar-refractivity contribution < 1.29 is 31.1 Å². The molecule has 0 saturated carbocycles. The molecule has 4 N–H and O–H groups in total. The average Bonchev–Trinajstić information content (AvgIpc) is 2.86. The van der Waals surface area contributed by atoms with Gasteiger partial charge in [0, 0.05) is 24.0 Å².